The van der Waals surface area contributed by atoms with Crippen molar-refractivity contribution in [3.05, 3.63) is 47.5 Å². The van der Waals surface area contributed by atoms with Gasteiger partial charge in [-0.2, -0.15) is 13.2 Å². The lowest BCUT2D eigenvalue weighted by atomic mass is 10.1. The third kappa shape index (κ3) is 3.58. The normalized spacial score (nSPS) is 20.0. The minimum atomic E-state index is -4.36. The highest BCUT2D eigenvalue weighted by molar-refractivity contribution is 5.82. The fourth-order valence-electron chi connectivity index (χ4n) is 2.76. The van der Waals surface area contributed by atoms with Crippen molar-refractivity contribution in [3.8, 4) is 0 Å². The van der Waals surface area contributed by atoms with Crippen molar-refractivity contribution in [1.29, 1.82) is 0 Å². The molecule has 1 aliphatic carbocycles. The van der Waals surface area contributed by atoms with Crippen molar-refractivity contribution < 1.29 is 18.0 Å². The number of carbonyl (C=O) groups excluding carboxylic acids is 1. The minimum Gasteiger partial charge on any atom is -0.354 e. The Hall–Kier alpha value is -2.38. The summed E-state index contributed by atoms with van der Waals surface area (Å²) in [5, 5.41) is 10.4. The number of carbonyl (C=O) groups is 1. The number of aryl methyl sites for hydroxylation is 1. The van der Waals surface area contributed by atoms with Gasteiger partial charge in [-0.25, -0.2) is 0 Å². The third-order valence-corrected chi connectivity index (χ3v) is 4.23. The summed E-state index contributed by atoms with van der Waals surface area (Å²) < 4.78 is 40.1. The van der Waals surface area contributed by atoms with E-state index in [0.717, 1.165) is 18.0 Å². The average Bonchev–Trinajstić information content (AvgIpc) is 3.24. The number of alkyl halides is 3. The Morgan fingerprint density at radius 3 is 2.88 bits per heavy atom. The Kier molecular flexibility index (Phi) is 4.29. The van der Waals surface area contributed by atoms with E-state index in [0.29, 0.717) is 25.1 Å². The molecule has 128 valence electrons. The quantitative estimate of drug-likeness (QED) is 0.911. The molecule has 1 aromatic carbocycles. The molecule has 0 saturated heterocycles. The maximum Gasteiger partial charge on any atom is 0.416 e. The Morgan fingerprint density at radius 2 is 2.21 bits per heavy atom. The number of halogens is 3. The van der Waals surface area contributed by atoms with E-state index in [2.05, 4.69) is 15.5 Å². The SMILES string of the molecule is Cc1nncn1CCNC(=O)[C@@H]1C[C@@H]1c1cccc(C(F)(F)F)c1. The average molecular weight is 338 g/mol. The zero-order chi connectivity index (χ0) is 17.3. The molecule has 1 fully saturated rings. The topological polar surface area (TPSA) is 59.8 Å². The molecule has 1 amide bonds. The molecule has 0 spiro atoms. The zero-order valence-electron chi connectivity index (χ0n) is 13.0. The van der Waals surface area contributed by atoms with E-state index in [1.165, 1.54) is 6.07 Å². The summed E-state index contributed by atoms with van der Waals surface area (Å²) in [6, 6.07) is 5.22. The second-order valence-corrected chi connectivity index (χ2v) is 5.93. The molecule has 5 nitrogen and oxygen atoms in total. The monoisotopic (exact) mass is 338 g/mol. The summed E-state index contributed by atoms with van der Waals surface area (Å²) in [6.07, 6.45) is -2.19. The summed E-state index contributed by atoms with van der Waals surface area (Å²) >= 11 is 0. The predicted molar refractivity (Wildman–Crippen MR) is 80.1 cm³/mol. The van der Waals surface area contributed by atoms with Gasteiger partial charge in [-0.3, -0.25) is 4.79 Å². The molecule has 1 aromatic heterocycles. The second kappa shape index (κ2) is 6.26. The van der Waals surface area contributed by atoms with E-state index in [4.69, 9.17) is 0 Å². The van der Waals surface area contributed by atoms with Crippen LogP contribution in [0.15, 0.2) is 30.6 Å². The molecule has 1 heterocycles. The molecular weight excluding hydrogens is 321 g/mol. The molecule has 2 atom stereocenters. The number of hydrogen-bond acceptors (Lipinski definition) is 3. The summed E-state index contributed by atoms with van der Waals surface area (Å²) in [5.41, 5.74) is -0.103. The fourth-order valence-corrected chi connectivity index (χ4v) is 2.76. The van der Waals surface area contributed by atoms with Crippen LogP contribution in [0.5, 0.6) is 0 Å². The smallest absolute Gasteiger partial charge is 0.354 e. The number of nitrogens with zero attached hydrogens (tertiary/aromatic N) is 3. The fraction of sp³-hybridized carbons (Fsp3) is 0.438. The molecule has 1 aliphatic rings. The molecule has 3 rings (SSSR count). The third-order valence-electron chi connectivity index (χ3n) is 4.23. The van der Waals surface area contributed by atoms with Crippen molar-refractivity contribution in [1.82, 2.24) is 20.1 Å². The van der Waals surface area contributed by atoms with Crippen molar-refractivity contribution in [2.24, 2.45) is 5.92 Å². The van der Waals surface area contributed by atoms with Gasteiger partial charge >= 0.3 is 6.18 Å². The first kappa shape index (κ1) is 16.5. The largest absolute Gasteiger partial charge is 0.416 e. The first-order valence-corrected chi connectivity index (χ1v) is 7.65. The summed E-state index contributed by atoms with van der Waals surface area (Å²) in [5.74, 6) is 0.250. The van der Waals surface area contributed by atoms with E-state index in [1.54, 1.807) is 12.4 Å². The van der Waals surface area contributed by atoms with Crippen LogP contribution in [0.25, 0.3) is 0 Å². The van der Waals surface area contributed by atoms with Crippen LogP contribution >= 0.6 is 0 Å². The highest BCUT2D eigenvalue weighted by Crippen LogP contribution is 2.48. The van der Waals surface area contributed by atoms with E-state index >= 15 is 0 Å². The van der Waals surface area contributed by atoms with Gasteiger partial charge in [-0.1, -0.05) is 18.2 Å². The number of rotatable bonds is 5. The standard InChI is InChI=1S/C16H17F3N4O/c1-10-22-21-9-23(10)6-5-20-15(24)14-8-13(14)11-3-2-4-12(7-11)16(17,18)19/h2-4,7,9,13-14H,5-6,8H2,1H3,(H,20,24)/t13-,14-/m1/s1. The van der Waals surface area contributed by atoms with Gasteiger partial charge < -0.3 is 9.88 Å². The van der Waals surface area contributed by atoms with Crippen molar-refractivity contribution >= 4 is 5.91 Å². The maximum atomic E-state index is 12.7. The van der Waals surface area contributed by atoms with Crippen LogP contribution in [0.1, 0.15) is 29.3 Å². The van der Waals surface area contributed by atoms with Crippen LogP contribution in [-0.4, -0.2) is 27.2 Å². The van der Waals surface area contributed by atoms with Crippen molar-refractivity contribution in [3.63, 3.8) is 0 Å². The molecule has 0 aliphatic heterocycles. The van der Waals surface area contributed by atoms with E-state index < -0.39 is 11.7 Å². The molecule has 24 heavy (non-hydrogen) atoms. The van der Waals surface area contributed by atoms with Gasteiger partial charge in [0.1, 0.15) is 12.2 Å². The van der Waals surface area contributed by atoms with Crippen molar-refractivity contribution in [2.75, 3.05) is 6.54 Å². The highest BCUT2D eigenvalue weighted by Gasteiger charge is 2.44. The Bertz CT molecular complexity index is 741. The number of aromatic nitrogens is 3. The van der Waals surface area contributed by atoms with Crippen molar-refractivity contribution in [2.45, 2.75) is 32.0 Å². The van der Waals surface area contributed by atoms with Gasteiger partial charge in [0.15, 0.2) is 0 Å². The van der Waals surface area contributed by atoms with Gasteiger partial charge in [0.25, 0.3) is 0 Å². The van der Waals surface area contributed by atoms with Gasteiger partial charge in [-0.15, -0.1) is 10.2 Å². The van der Waals surface area contributed by atoms with E-state index in [1.807, 2.05) is 11.5 Å². The Labute approximate surface area is 136 Å². The molecular formula is C16H17F3N4O. The second-order valence-electron chi connectivity index (χ2n) is 5.93. The van der Waals surface area contributed by atoms with Gasteiger partial charge in [-0.05, 0) is 30.9 Å². The molecule has 8 heteroatoms. The molecule has 0 radical (unpaired) electrons. The lowest BCUT2D eigenvalue weighted by molar-refractivity contribution is -0.137. The number of amides is 1. The predicted octanol–water partition coefficient (Wildman–Crippen LogP) is 2.53. The molecule has 2 aromatic rings. The number of benzene rings is 1. The van der Waals surface area contributed by atoms with E-state index in [9.17, 15) is 18.0 Å². The minimum absolute atomic E-state index is 0.122. The van der Waals surface area contributed by atoms with Crippen LogP contribution in [0.4, 0.5) is 13.2 Å². The van der Waals surface area contributed by atoms with E-state index in [-0.39, 0.29) is 17.7 Å². The molecule has 1 N–H and O–H groups in total. The lowest BCUT2D eigenvalue weighted by Crippen LogP contribution is -2.29. The maximum absolute atomic E-state index is 12.7. The highest BCUT2D eigenvalue weighted by atomic mass is 19.4. The van der Waals surface area contributed by atoms with Crippen LogP contribution in [-0.2, 0) is 17.5 Å². The van der Waals surface area contributed by atoms with Crippen LogP contribution in [0.2, 0.25) is 0 Å². The Morgan fingerprint density at radius 1 is 1.42 bits per heavy atom. The molecule has 1 saturated carbocycles. The first-order chi connectivity index (χ1) is 11.4. The summed E-state index contributed by atoms with van der Waals surface area (Å²) in [6.45, 7) is 2.81. The van der Waals surface area contributed by atoms with Gasteiger partial charge in [0, 0.05) is 19.0 Å². The number of hydrogen-bond donors (Lipinski definition) is 1. The summed E-state index contributed by atoms with van der Waals surface area (Å²) in [4.78, 5) is 12.1. The van der Waals surface area contributed by atoms with Gasteiger partial charge in [0.2, 0.25) is 5.91 Å². The Balaban J connectivity index is 1.53. The molecule has 0 bridgehead atoms. The van der Waals surface area contributed by atoms with Gasteiger partial charge in [0.05, 0.1) is 5.56 Å². The zero-order valence-corrected chi connectivity index (χ0v) is 13.0. The summed E-state index contributed by atoms with van der Waals surface area (Å²) in [7, 11) is 0. The lowest BCUT2D eigenvalue weighted by Gasteiger charge is -2.09. The first-order valence-electron chi connectivity index (χ1n) is 7.65. The van der Waals surface area contributed by atoms with Crippen LogP contribution < -0.4 is 5.32 Å². The van der Waals surface area contributed by atoms with Crippen LogP contribution in [0, 0.1) is 12.8 Å². The van der Waals surface area contributed by atoms with Crippen LogP contribution in [0.3, 0.4) is 0 Å². The number of nitrogens with one attached hydrogen (secondary N) is 1. The molecule has 0 unspecified atom stereocenters.